The van der Waals surface area contributed by atoms with Crippen LogP contribution in [0, 0.1) is 0 Å². The first-order chi connectivity index (χ1) is 15.4. The molecule has 3 aliphatic rings. The zero-order valence-electron chi connectivity index (χ0n) is 17.6. The second-order valence-corrected chi connectivity index (χ2v) is 13.3. The Bertz CT molecular complexity index is 1160. The maximum Gasteiger partial charge on any atom is 0.164 e. The number of aliphatic hydroxyl groups excluding tert-OH is 1. The number of halogens is 1. The molecule has 0 radical (unpaired) electrons. The van der Waals surface area contributed by atoms with Crippen LogP contribution in [0.1, 0.15) is 49.4 Å². The van der Waals surface area contributed by atoms with Crippen molar-refractivity contribution in [1.29, 1.82) is 0 Å². The molecular weight excluding hydrogens is 470 g/mol. The number of nitrogens with one attached hydrogen (secondary N) is 1. The molecule has 172 valence electrons. The normalized spacial score (nSPS) is 28.6. The number of pyridine rings is 1. The number of nitrogens with zero attached hydrogens (tertiary/aromatic N) is 4. The van der Waals surface area contributed by atoms with Crippen LogP contribution in [0.2, 0.25) is 5.02 Å². The molecule has 0 aromatic carbocycles. The molecule has 1 atom stereocenters. The van der Waals surface area contributed by atoms with Gasteiger partial charge in [-0.1, -0.05) is 11.6 Å². The van der Waals surface area contributed by atoms with Gasteiger partial charge in [0.1, 0.15) is 11.6 Å². The van der Waals surface area contributed by atoms with E-state index in [0.717, 1.165) is 30.7 Å². The van der Waals surface area contributed by atoms with Gasteiger partial charge in [-0.15, -0.1) is 0 Å². The highest BCUT2D eigenvalue weighted by molar-refractivity contribution is 7.93. The number of hydrogen-bond donors (Lipinski definition) is 2. The third-order valence-corrected chi connectivity index (χ3v) is 10.6. The third kappa shape index (κ3) is 4.30. The van der Waals surface area contributed by atoms with Gasteiger partial charge in [0, 0.05) is 35.6 Å². The van der Waals surface area contributed by atoms with Gasteiger partial charge in [-0.05, 0) is 50.2 Å². The Kier molecular flexibility index (Phi) is 5.98. The Morgan fingerprint density at radius 3 is 2.62 bits per heavy atom. The molecule has 0 amide bonds. The van der Waals surface area contributed by atoms with E-state index in [1.807, 2.05) is 6.07 Å². The number of aromatic nitrogens is 3. The topological polar surface area (TPSA) is 117 Å². The molecule has 0 bridgehead atoms. The van der Waals surface area contributed by atoms with Crippen LogP contribution in [-0.4, -0.2) is 57.9 Å². The summed E-state index contributed by atoms with van der Waals surface area (Å²) in [6.07, 6.45) is 7.98. The molecule has 0 spiro atoms. The molecule has 0 unspecified atom stereocenters. The van der Waals surface area contributed by atoms with E-state index in [0.29, 0.717) is 58.1 Å². The van der Waals surface area contributed by atoms with Crippen LogP contribution in [-0.2, 0) is 26.9 Å². The van der Waals surface area contributed by atoms with E-state index in [1.165, 1.54) is 0 Å². The summed E-state index contributed by atoms with van der Waals surface area (Å²) in [6, 6.07) is 1.83. The zero-order valence-corrected chi connectivity index (χ0v) is 20.0. The highest BCUT2D eigenvalue weighted by Gasteiger charge is 2.38. The predicted molar refractivity (Wildman–Crippen MR) is 125 cm³/mol. The molecule has 5 rings (SSSR count). The molecule has 2 aromatic heterocycles. The van der Waals surface area contributed by atoms with Crippen LogP contribution in [0.25, 0.3) is 0 Å². The van der Waals surface area contributed by atoms with Crippen molar-refractivity contribution >= 4 is 43.8 Å². The fraction of sp³-hybridized carbons (Fsp3) is 0.571. The van der Waals surface area contributed by atoms with Gasteiger partial charge in [0.25, 0.3) is 0 Å². The summed E-state index contributed by atoms with van der Waals surface area (Å²) in [5.41, 5.74) is 0.531. The molecule has 2 aromatic rings. The van der Waals surface area contributed by atoms with Crippen LogP contribution in [0.5, 0.6) is 0 Å². The number of rotatable bonds is 5. The Hall–Kier alpha value is -1.62. The molecule has 2 N–H and O–H groups in total. The van der Waals surface area contributed by atoms with Gasteiger partial charge in [-0.3, -0.25) is 4.21 Å². The van der Waals surface area contributed by atoms with E-state index < -0.39 is 26.1 Å². The molecule has 4 heterocycles. The summed E-state index contributed by atoms with van der Waals surface area (Å²) in [6.45, 7) is 0.00234. The van der Waals surface area contributed by atoms with Crippen LogP contribution in [0.4, 0.5) is 11.6 Å². The average Bonchev–Trinajstić information content (AvgIpc) is 3.12. The number of fused-ring (bicyclic) bond motifs is 1. The van der Waals surface area contributed by atoms with Crippen molar-refractivity contribution in [3.63, 3.8) is 0 Å². The molecule has 8 nitrogen and oxygen atoms in total. The number of hydrogen-bond acceptors (Lipinski definition) is 8. The van der Waals surface area contributed by atoms with E-state index in [4.69, 9.17) is 11.6 Å². The first-order valence-corrected chi connectivity index (χ1v) is 14.4. The summed E-state index contributed by atoms with van der Waals surface area (Å²) in [4.78, 5) is 14.0. The van der Waals surface area contributed by atoms with Gasteiger partial charge >= 0.3 is 0 Å². The van der Waals surface area contributed by atoms with Gasteiger partial charge in [0.2, 0.25) is 0 Å². The first kappa shape index (κ1) is 22.2. The van der Waals surface area contributed by atoms with Gasteiger partial charge < -0.3 is 10.4 Å². The lowest BCUT2D eigenvalue weighted by molar-refractivity contribution is 0.143. The highest BCUT2D eigenvalue weighted by Crippen LogP contribution is 2.39. The van der Waals surface area contributed by atoms with Crippen molar-refractivity contribution in [3.8, 4) is 0 Å². The molecule has 32 heavy (non-hydrogen) atoms. The van der Waals surface area contributed by atoms with Gasteiger partial charge in [-0.25, -0.2) is 19.2 Å². The lowest BCUT2D eigenvalue weighted by Gasteiger charge is -2.41. The van der Waals surface area contributed by atoms with Crippen molar-refractivity contribution in [1.82, 2.24) is 15.0 Å². The van der Waals surface area contributed by atoms with Gasteiger partial charge in [0.05, 0.1) is 42.6 Å². The Labute approximate surface area is 195 Å². The minimum Gasteiger partial charge on any atom is -0.394 e. The maximum absolute atomic E-state index is 13.5. The quantitative estimate of drug-likeness (QED) is 0.653. The predicted octanol–water partition coefficient (Wildman–Crippen LogP) is 3.19. The van der Waals surface area contributed by atoms with Crippen LogP contribution in [0.15, 0.2) is 27.7 Å². The van der Waals surface area contributed by atoms with Crippen molar-refractivity contribution in [3.05, 3.63) is 34.9 Å². The third-order valence-electron chi connectivity index (χ3n) is 6.65. The minimum atomic E-state index is -2.45. The summed E-state index contributed by atoms with van der Waals surface area (Å²) in [5, 5.41) is 13.7. The number of aryl methyl sites for hydroxylation is 1. The van der Waals surface area contributed by atoms with Crippen LogP contribution in [0.3, 0.4) is 0 Å². The largest absolute Gasteiger partial charge is 0.394 e. The van der Waals surface area contributed by atoms with Crippen molar-refractivity contribution in [2.45, 2.75) is 54.9 Å². The second-order valence-electron chi connectivity index (χ2n) is 8.84. The lowest BCUT2D eigenvalue weighted by Crippen LogP contribution is -2.48. The molecule has 2 fully saturated rings. The van der Waals surface area contributed by atoms with E-state index >= 15 is 0 Å². The van der Waals surface area contributed by atoms with E-state index in [1.54, 1.807) is 12.4 Å². The molecule has 1 saturated heterocycles. The molecule has 1 aliphatic carbocycles. The van der Waals surface area contributed by atoms with E-state index in [-0.39, 0.29) is 12.5 Å². The monoisotopic (exact) mass is 495 g/mol. The fourth-order valence-electron chi connectivity index (χ4n) is 4.58. The molecule has 1 saturated carbocycles. The average molecular weight is 496 g/mol. The minimum absolute atomic E-state index is 0.00234. The van der Waals surface area contributed by atoms with Crippen LogP contribution >= 0.6 is 11.6 Å². The number of aliphatic hydroxyl groups is 1. The summed E-state index contributed by atoms with van der Waals surface area (Å²) in [5.74, 6) is 3.29. The van der Waals surface area contributed by atoms with Crippen molar-refractivity contribution in [2.75, 3.05) is 29.2 Å². The van der Waals surface area contributed by atoms with Gasteiger partial charge in [0.15, 0.2) is 5.82 Å². The maximum atomic E-state index is 13.5. The smallest absolute Gasteiger partial charge is 0.164 e. The van der Waals surface area contributed by atoms with E-state index in [2.05, 4.69) is 24.6 Å². The van der Waals surface area contributed by atoms with Crippen LogP contribution < -0.4 is 5.32 Å². The Morgan fingerprint density at radius 2 is 2.00 bits per heavy atom. The van der Waals surface area contributed by atoms with Crippen molar-refractivity contribution in [2.24, 2.45) is 4.36 Å². The van der Waals surface area contributed by atoms with E-state index in [9.17, 15) is 13.5 Å². The SMILES string of the molecule is O=[S@@]1CCc2cc(N=S3(=O)CCC(c4ncc(Cl)cn4)CC3)nc(NC3(CO)CCC3)c21. The molecular formula is C21H26ClN5O3S2. The Morgan fingerprint density at radius 1 is 1.28 bits per heavy atom. The highest BCUT2D eigenvalue weighted by atomic mass is 35.5. The summed E-state index contributed by atoms with van der Waals surface area (Å²) in [7, 11) is -3.57. The first-order valence-electron chi connectivity index (χ1n) is 10.9. The molecule has 11 heteroatoms. The summed E-state index contributed by atoms with van der Waals surface area (Å²) < 4.78 is 30.7. The fourth-order valence-corrected chi connectivity index (χ4v) is 8.18. The summed E-state index contributed by atoms with van der Waals surface area (Å²) >= 11 is 5.88. The Balaban J connectivity index is 1.41. The second kappa shape index (κ2) is 8.62. The van der Waals surface area contributed by atoms with Gasteiger partial charge in [-0.2, -0.15) is 4.36 Å². The molecule has 2 aliphatic heterocycles. The standard InChI is InChI=1S/C21H26ClN5O3S2/c22-16-11-23-19(24-12-16)14-3-8-32(30,9-4-14)27-17-10-15-2-7-31(29)18(15)20(25-17)26-21(13-28)5-1-6-21/h10-12,14,28H,1-9,13H2,(H,25,26)/t14?,31-,32?/m1/s1. The lowest BCUT2D eigenvalue weighted by atomic mass is 9.77. The van der Waals surface area contributed by atoms with Crippen molar-refractivity contribution < 1.29 is 13.5 Å². The number of anilines is 1. The zero-order chi connectivity index (χ0) is 22.3.